The second-order valence-electron chi connectivity index (χ2n) is 12.7. The number of piperidine rings is 1. The van der Waals surface area contributed by atoms with Gasteiger partial charge in [0, 0.05) is 24.2 Å². The molecule has 1 spiro atoms. The summed E-state index contributed by atoms with van der Waals surface area (Å²) in [5, 5.41) is 16.2. The highest BCUT2D eigenvalue weighted by atomic mass is 19.4. The molecule has 6 nitrogen and oxygen atoms in total. The maximum Gasteiger partial charge on any atom is 0.416 e. The average Bonchev–Trinajstić information content (AvgIpc) is 3.24. The van der Waals surface area contributed by atoms with E-state index in [1.54, 1.807) is 29.2 Å². The van der Waals surface area contributed by atoms with Crippen LogP contribution in [0.1, 0.15) is 50.3 Å². The van der Waals surface area contributed by atoms with Gasteiger partial charge in [-0.15, -0.1) is 0 Å². The Bertz CT molecular complexity index is 1520. The highest BCUT2D eigenvalue weighted by Crippen LogP contribution is 2.57. The van der Waals surface area contributed by atoms with Crippen LogP contribution in [-0.4, -0.2) is 42.2 Å². The van der Waals surface area contributed by atoms with E-state index < -0.39 is 34.9 Å². The molecule has 2 heterocycles. The molecular formula is C32H34F6N4O2. The highest BCUT2D eigenvalue weighted by Gasteiger charge is 2.52. The van der Waals surface area contributed by atoms with E-state index in [0.717, 1.165) is 42.9 Å². The SMILES string of the molecule is CC(C)(C)CN1CCC2(CC1)CN(c1ccccc1NC(=O)Nc1ccc(C(F)(F)F)cc1)c1c(O)ccc(C(F)(F)F)c12. The zero-order valence-electron chi connectivity index (χ0n) is 24.5. The zero-order valence-corrected chi connectivity index (χ0v) is 24.5. The lowest BCUT2D eigenvalue weighted by atomic mass is 9.72. The number of nitrogens with one attached hydrogen (secondary N) is 2. The van der Waals surface area contributed by atoms with Gasteiger partial charge in [-0.2, -0.15) is 26.3 Å². The number of likely N-dealkylation sites (tertiary alicyclic amines) is 1. The number of alkyl halides is 6. The number of para-hydroxylation sites is 2. The van der Waals surface area contributed by atoms with Crippen molar-refractivity contribution in [1.29, 1.82) is 0 Å². The third-order valence-electron chi connectivity index (χ3n) is 8.15. The van der Waals surface area contributed by atoms with Crippen molar-refractivity contribution < 1.29 is 36.2 Å². The number of carbonyl (C=O) groups is 1. The summed E-state index contributed by atoms with van der Waals surface area (Å²) in [7, 11) is 0. The normalized spacial score (nSPS) is 17.1. The molecule has 2 aliphatic rings. The number of carbonyl (C=O) groups excluding carboxylic acids is 1. The number of anilines is 4. The van der Waals surface area contributed by atoms with Crippen molar-refractivity contribution in [3.8, 4) is 5.75 Å². The van der Waals surface area contributed by atoms with Crippen LogP contribution in [0.15, 0.2) is 60.7 Å². The van der Waals surface area contributed by atoms with Crippen LogP contribution in [-0.2, 0) is 17.8 Å². The fourth-order valence-electron chi connectivity index (χ4n) is 6.35. The third-order valence-corrected chi connectivity index (χ3v) is 8.15. The van der Waals surface area contributed by atoms with E-state index >= 15 is 0 Å². The van der Waals surface area contributed by atoms with Crippen molar-refractivity contribution in [3.63, 3.8) is 0 Å². The van der Waals surface area contributed by atoms with Gasteiger partial charge >= 0.3 is 18.4 Å². The number of urea groups is 1. The Kier molecular flexibility index (Phi) is 8.02. The van der Waals surface area contributed by atoms with Crippen LogP contribution < -0.4 is 15.5 Å². The molecule has 0 atom stereocenters. The van der Waals surface area contributed by atoms with E-state index in [4.69, 9.17) is 0 Å². The van der Waals surface area contributed by atoms with Gasteiger partial charge in [0.15, 0.2) is 0 Å². The molecule has 3 aromatic carbocycles. The Balaban J connectivity index is 1.47. The van der Waals surface area contributed by atoms with Crippen LogP contribution in [0.5, 0.6) is 5.75 Å². The van der Waals surface area contributed by atoms with Crippen molar-refractivity contribution in [2.75, 3.05) is 41.7 Å². The summed E-state index contributed by atoms with van der Waals surface area (Å²) in [4.78, 5) is 16.8. The van der Waals surface area contributed by atoms with Crippen LogP contribution in [0.4, 0.5) is 53.9 Å². The van der Waals surface area contributed by atoms with Gasteiger partial charge in [0.1, 0.15) is 5.75 Å². The van der Waals surface area contributed by atoms with Crippen LogP contribution in [0.2, 0.25) is 0 Å². The number of halogens is 6. The molecule has 0 saturated carbocycles. The summed E-state index contributed by atoms with van der Waals surface area (Å²) in [6.45, 7) is 8.47. The Hall–Kier alpha value is -3.93. The molecule has 5 rings (SSSR count). The van der Waals surface area contributed by atoms with E-state index in [2.05, 4.69) is 36.3 Å². The van der Waals surface area contributed by atoms with E-state index in [-0.39, 0.29) is 40.3 Å². The standard InChI is InChI=1S/C32H34F6N4O2/c1-29(2,3)18-41-16-14-30(15-17-41)19-42(27-25(43)13-12-22(26(27)30)32(36,37)38)24-7-5-4-6-23(24)40-28(44)39-21-10-8-20(9-11-21)31(33,34)35/h4-13,43H,14-19H2,1-3H3,(H2,39,40,44). The van der Waals surface area contributed by atoms with Crippen molar-refractivity contribution in [3.05, 3.63) is 77.4 Å². The topological polar surface area (TPSA) is 67.8 Å². The molecule has 1 saturated heterocycles. The third kappa shape index (κ3) is 6.45. The zero-order chi connectivity index (χ0) is 32.1. The number of phenols is 1. The minimum absolute atomic E-state index is 0.0189. The molecule has 1 fully saturated rings. The molecule has 12 heteroatoms. The predicted molar refractivity (Wildman–Crippen MR) is 157 cm³/mol. The number of rotatable bonds is 4. The molecule has 0 unspecified atom stereocenters. The minimum Gasteiger partial charge on any atom is -0.506 e. The van der Waals surface area contributed by atoms with Crippen LogP contribution in [0.3, 0.4) is 0 Å². The molecule has 0 bridgehead atoms. The minimum atomic E-state index is -4.65. The van der Waals surface area contributed by atoms with Crippen LogP contribution in [0.25, 0.3) is 0 Å². The van der Waals surface area contributed by atoms with Gasteiger partial charge < -0.3 is 25.5 Å². The number of amides is 2. The largest absolute Gasteiger partial charge is 0.506 e. The monoisotopic (exact) mass is 620 g/mol. The van der Waals surface area contributed by atoms with Gasteiger partial charge in [0.2, 0.25) is 0 Å². The van der Waals surface area contributed by atoms with Crippen molar-refractivity contribution in [2.45, 2.75) is 51.4 Å². The van der Waals surface area contributed by atoms with Gasteiger partial charge in [-0.3, -0.25) is 0 Å². The number of aromatic hydroxyl groups is 1. The van der Waals surface area contributed by atoms with E-state index in [1.165, 1.54) is 0 Å². The Morgan fingerprint density at radius 2 is 1.50 bits per heavy atom. The summed E-state index contributed by atoms with van der Waals surface area (Å²) in [5.41, 5.74) is -1.67. The molecule has 2 amide bonds. The number of hydrogen-bond acceptors (Lipinski definition) is 4. The second kappa shape index (κ2) is 11.2. The molecule has 0 radical (unpaired) electrons. The average molecular weight is 621 g/mol. The number of nitrogens with zero attached hydrogens (tertiary/aromatic N) is 2. The molecule has 3 aromatic rings. The summed E-state index contributed by atoms with van der Waals surface area (Å²) in [6, 6.07) is 11.7. The Morgan fingerprint density at radius 3 is 2.09 bits per heavy atom. The van der Waals surface area contributed by atoms with Crippen LogP contribution in [0, 0.1) is 5.41 Å². The first-order valence-electron chi connectivity index (χ1n) is 14.2. The molecule has 3 N–H and O–H groups in total. The van der Waals surface area contributed by atoms with Crippen molar-refractivity contribution >= 4 is 28.8 Å². The first-order chi connectivity index (χ1) is 20.5. The van der Waals surface area contributed by atoms with E-state index in [1.807, 2.05) is 0 Å². The van der Waals surface area contributed by atoms with Gasteiger partial charge in [0.05, 0.1) is 28.2 Å². The fraction of sp³-hybridized carbons (Fsp3) is 0.406. The predicted octanol–water partition coefficient (Wildman–Crippen LogP) is 8.61. The summed E-state index contributed by atoms with van der Waals surface area (Å²) >= 11 is 0. The Labute approximate surface area is 251 Å². The lowest BCUT2D eigenvalue weighted by Crippen LogP contribution is -2.47. The molecule has 0 aliphatic carbocycles. The molecule has 44 heavy (non-hydrogen) atoms. The number of hydrogen-bond donors (Lipinski definition) is 3. The van der Waals surface area contributed by atoms with E-state index in [9.17, 15) is 36.2 Å². The van der Waals surface area contributed by atoms with Gasteiger partial charge in [-0.05, 0) is 85.4 Å². The number of benzene rings is 3. The van der Waals surface area contributed by atoms with E-state index in [0.29, 0.717) is 31.6 Å². The van der Waals surface area contributed by atoms with Gasteiger partial charge in [0.25, 0.3) is 0 Å². The number of phenolic OH excluding ortho intramolecular Hbond substituents is 1. The lowest BCUT2D eigenvalue weighted by molar-refractivity contribution is -0.139. The molecular weight excluding hydrogens is 586 g/mol. The van der Waals surface area contributed by atoms with Gasteiger partial charge in [-0.1, -0.05) is 32.9 Å². The fourth-order valence-corrected chi connectivity index (χ4v) is 6.35. The highest BCUT2D eigenvalue weighted by molar-refractivity contribution is 6.02. The second-order valence-corrected chi connectivity index (χ2v) is 12.7. The smallest absolute Gasteiger partial charge is 0.416 e. The molecule has 236 valence electrons. The molecule has 0 aromatic heterocycles. The Morgan fingerprint density at radius 1 is 0.864 bits per heavy atom. The summed E-state index contributed by atoms with van der Waals surface area (Å²) in [5.74, 6) is -0.300. The quantitative estimate of drug-likeness (QED) is 0.256. The maximum absolute atomic E-state index is 14.5. The maximum atomic E-state index is 14.5. The van der Waals surface area contributed by atoms with Gasteiger partial charge in [-0.25, -0.2) is 4.79 Å². The number of fused-ring (bicyclic) bond motifs is 2. The van der Waals surface area contributed by atoms with Crippen molar-refractivity contribution in [2.24, 2.45) is 5.41 Å². The first kappa shape index (κ1) is 31.5. The lowest BCUT2D eigenvalue weighted by Gasteiger charge is -2.42. The summed E-state index contributed by atoms with van der Waals surface area (Å²) < 4.78 is 82.1. The first-order valence-corrected chi connectivity index (χ1v) is 14.2. The molecule has 2 aliphatic heterocycles. The summed E-state index contributed by atoms with van der Waals surface area (Å²) in [6.07, 6.45) is -8.28. The van der Waals surface area contributed by atoms with Crippen LogP contribution >= 0.6 is 0 Å². The van der Waals surface area contributed by atoms with Crippen molar-refractivity contribution in [1.82, 2.24) is 4.90 Å².